The number of rotatable bonds is 8. The van der Waals surface area contributed by atoms with Crippen molar-refractivity contribution in [1.82, 2.24) is 15.1 Å². The molecule has 0 saturated heterocycles. The average molecular weight is 478 g/mol. The van der Waals surface area contributed by atoms with Crippen LogP contribution in [0.25, 0.3) is 0 Å². The number of hydrogen-bond donors (Lipinski definition) is 2. The zero-order valence-electron chi connectivity index (χ0n) is 17.0. The largest absolute Gasteiger partial charge is 0.325 e. The summed E-state index contributed by atoms with van der Waals surface area (Å²) in [6.07, 6.45) is 0.937. The predicted molar refractivity (Wildman–Crippen MR) is 125 cm³/mol. The van der Waals surface area contributed by atoms with Crippen molar-refractivity contribution in [1.29, 1.82) is 0 Å². The van der Waals surface area contributed by atoms with Crippen molar-refractivity contribution < 1.29 is 9.59 Å². The Labute approximate surface area is 194 Å². The molecule has 0 aliphatic rings. The zero-order chi connectivity index (χ0) is 22.4. The van der Waals surface area contributed by atoms with Gasteiger partial charge in [-0.1, -0.05) is 53.6 Å². The molecule has 3 aromatic rings. The maximum absolute atomic E-state index is 12.4. The Kier molecular flexibility index (Phi) is 7.97. The van der Waals surface area contributed by atoms with Crippen LogP contribution in [-0.4, -0.2) is 40.5 Å². The van der Waals surface area contributed by atoms with E-state index in [-0.39, 0.29) is 23.4 Å². The van der Waals surface area contributed by atoms with Crippen LogP contribution in [0.15, 0.2) is 42.5 Å². The smallest absolute Gasteiger partial charge is 0.286 e. The lowest BCUT2D eigenvalue weighted by molar-refractivity contribution is -0.117. The van der Waals surface area contributed by atoms with E-state index in [2.05, 4.69) is 27.8 Å². The highest BCUT2D eigenvalue weighted by Crippen LogP contribution is 2.25. The molecule has 0 aliphatic carbocycles. The summed E-state index contributed by atoms with van der Waals surface area (Å²) in [5.74, 6) is -0.521. The van der Waals surface area contributed by atoms with E-state index in [0.29, 0.717) is 33.0 Å². The molecule has 0 atom stereocenters. The molecule has 2 aromatic carbocycles. The van der Waals surface area contributed by atoms with Gasteiger partial charge in [-0.25, -0.2) is 0 Å². The van der Waals surface area contributed by atoms with Crippen LogP contribution in [0.2, 0.25) is 10.0 Å². The van der Waals surface area contributed by atoms with Crippen LogP contribution in [0.4, 0.5) is 11.4 Å². The maximum atomic E-state index is 12.4. The third kappa shape index (κ3) is 6.73. The van der Waals surface area contributed by atoms with E-state index in [1.54, 1.807) is 30.1 Å². The Morgan fingerprint density at radius 2 is 1.71 bits per heavy atom. The van der Waals surface area contributed by atoms with Gasteiger partial charge < -0.3 is 10.6 Å². The lowest BCUT2D eigenvalue weighted by atomic mass is 10.1. The fraction of sp³-hybridized carbons (Fsp3) is 0.238. The average Bonchev–Trinajstić information content (AvgIpc) is 3.19. The van der Waals surface area contributed by atoms with Gasteiger partial charge in [0.05, 0.1) is 23.1 Å². The number of nitrogens with zero attached hydrogens (tertiary/aromatic N) is 3. The molecule has 7 nitrogen and oxygen atoms in total. The summed E-state index contributed by atoms with van der Waals surface area (Å²) in [5.41, 5.74) is 2.46. The number of halogens is 2. The van der Waals surface area contributed by atoms with E-state index in [0.717, 1.165) is 6.42 Å². The van der Waals surface area contributed by atoms with Crippen molar-refractivity contribution in [2.45, 2.75) is 19.9 Å². The van der Waals surface area contributed by atoms with Crippen molar-refractivity contribution in [2.75, 3.05) is 24.2 Å². The molecule has 10 heteroatoms. The topological polar surface area (TPSA) is 87.2 Å². The fourth-order valence-corrected chi connectivity index (χ4v) is 3.84. The summed E-state index contributed by atoms with van der Waals surface area (Å²) < 4.78 is 0. The Balaban J connectivity index is 1.51. The van der Waals surface area contributed by atoms with Crippen molar-refractivity contribution >= 4 is 57.7 Å². The van der Waals surface area contributed by atoms with Gasteiger partial charge in [0.1, 0.15) is 5.01 Å². The van der Waals surface area contributed by atoms with Gasteiger partial charge in [0.25, 0.3) is 5.91 Å². The summed E-state index contributed by atoms with van der Waals surface area (Å²) in [6.45, 7) is 2.58. The first-order chi connectivity index (χ1) is 14.8. The van der Waals surface area contributed by atoms with Gasteiger partial charge in [0.2, 0.25) is 10.9 Å². The van der Waals surface area contributed by atoms with Gasteiger partial charge >= 0.3 is 0 Å². The third-order valence-electron chi connectivity index (χ3n) is 4.30. The molecule has 31 heavy (non-hydrogen) atoms. The molecule has 0 radical (unpaired) electrons. The molecule has 0 bridgehead atoms. The van der Waals surface area contributed by atoms with Gasteiger partial charge in [-0.15, -0.1) is 10.2 Å². The van der Waals surface area contributed by atoms with Gasteiger partial charge in [0.15, 0.2) is 0 Å². The molecule has 0 aliphatic heterocycles. The molecule has 162 valence electrons. The first kappa shape index (κ1) is 23.1. The molecule has 0 unspecified atom stereocenters. The minimum absolute atomic E-state index is 0.130. The predicted octanol–water partition coefficient (Wildman–Crippen LogP) is 4.73. The Morgan fingerprint density at radius 1 is 1.00 bits per heavy atom. The molecular formula is C21H21Cl2N5O2S. The van der Waals surface area contributed by atoms with E-state index < -0.39 is 0 Å². The second-order valence-electron chi connectivity index (χ2n) is 6.85. The van der Waals surface area contributed by atoms with Crippen LogP contribution in [0.3, 0.4) is 0 Å². The standard InChI is InChI=1S/C21H21Cl2N5O2S/c1-3-13-4-6-14(7-5-13)25-20(30)21-27-26-19(31-21)12-28(2)11-18(29)24-15-8-9-16(22)17(23)10-15/h4-10H,3,11-12H2,1-2H3,(H,24,29)(H,25,30). The summed E-state index contributed by atoms with van der Waals surface area (Å²) in [4.78, 5) is 26.4. The molecule has 0 saturated carbocycles. The van der Waals surface area contributed by atoms with Crippen LogP contribution in [0, 0.1) is 0 Å². The number of likely N-dealkylation sites (N-methyl/N-ethyl adjacent to an activating group) is 1. The minimum Gasteiger partial charge on any atom is -0.325 e. The van der Waals surface area contributed by atoms with Crippen LogP contribution < -0.4 is 10.6 Å². The molecule has 2 amide bonds. The second-order valence-corrected chi connectivity index (χ2v) is 8.73. The van der Waals surface area contributed by atoms with Crippen LogP contribution >= 0.6 is 34.5 Å². The normalized spacial score (nSPS) is 10.9. The van der Waals surface area contributed by atoms with Crippen molar-refractivity contribution in [2.24, 2.45) is 0 Å². The molecular weight excluding hydrogens is 457 g/mol. The lowest BCUT2D eigenvalue weighted by Gasteiger charge is -2.14. The Morgan fingerprint density at radius 3 is 2.39 bits per heavy atom. The number of aryl methyl sites for hydroxylation is 1. The van der Waals surface area contributed by atoms with E-state index >= 15 is 0 Å². The molecule has 2 N–H and O–H groups in total. The number of hydrogen-bond acceptors (Lipinski definition) is 6. The molecule has 1 aromatic heterocycles. The number of anilines is 2. The summed E-state index contributed by atoms with van der Waals surface area (Å²) >= 11 is 13.0. The number of carbonyl (C=O) groups excluding carboxylic acids is 2. The van der Waals surface area contributed by atoms with Gasteiger partial charge in [-0.3, -0.25) is 14.5 Å². The monoisotopic (exact) mass is 477 g/mol. The van der Waals surface area contributed by atoms with Gasteiger partial charge in [-0.2, -0.15) is 0 Å². The lowest BCUT2D eigenvalue weighted by Crippen LogP contribution is -2.29. The third-order valence-corrected chi connectivity index (χ3v) is 5.95. The van der Waals surface area contributed by atoms with Crippen molar-refractivity contribution in [3.8, 4) is 0 Å². The molecule has 0 fully saturated rings. The SMILES string of the molecule is CCc1ccc(NC(=O)c2nnc(CN(C)CC(=O)Nc3ccc(Cl)c(Cl)c3)s2)cc1. The fourth-order valence-electron chi connectivity index (χ4n) is 2.72. The highest BCUT2D eigenvalue weighted by Gasteiger charge is 2.15. The highest BCUT2D eigenvalue weighted by molar-refractivity contribution is 7.13. The number of nitrogens with one attached hydrogen (secondary N) is 2. The van der Waals surface area contributed by atoms with Gasteiger partial charge in [-0.05, 0) is 49.4 Å². The van der Waals surface area contributed by atoms with E-state index in [4.69, 9.17) is 23.2 Å². The van der Waals surface area contributed by atoms with E-state index in [1.807, 2.05) is 24.3 Å². The molecule has 3 rings (SSSR count). The summed E-state index contributed by atoms with van der Waals surface area (Å²) in [7, 11) is 1.78. The summed E-state index contributed by atoms with van der Waals surface area (Å²) in [5, 5.41) is 15.3. The van der Waals surface area contributed by atoms with Crippen LogP contribution in [0.5, 0.6) is 0 Å². The quantitative estimate of drug-likeness (QED) is 0.489. The van der Waals surface area contributed by atoms with Crippen molar-refractivity contribution in [3.05, 3.63) is 68.1 Å². The number of carbonyl (C=O) groups is 2. The maximum Gasteiger partial charge on any atom is 0.286 e. The van der Waals surface area contributed by atoms with Gasteiger partial charge in [0, 0.05) is 11.4 Å². The van der Waals surface area contributed by atoms with E-state index in [1.165, 1.54) is 16.9 Å². The molecule has 1 heterocycles. The second kappa shape index (κ2) is 10.7. The minimum atomic E-state index is -0.312. The number of benzene rings is 2. The van der Waals surface area contributed by atoms with Crippen LogP contribution in [-0.2, 0) is 17.8 Å². The molecule has 0 spiro atoms. The van der Waals surface area contributed by atoms with Crippen molar-refractivity contribution in [3.63, 3.8) is 0 Å². The first-order valence-corrected chi connectivity index (χ1v) is 11.1. The highest BCUT2D eigenvalue weighted by atomic mass is 35.5. The van der Waals surface area contributed by atoms with Crippen LogP contribution in [0.1, 0.15) is 27.3 Å². The first-order valence-electron chi connectivity index (χ1n) is 9.50. The number of aromatic nitrogens is 2. The Hall–Kier alpha value is -2.52. The Bertz CT molecular complexity index is 1070. The number of amides is 2. The summed E-state index contributed by atoms with van der Waals surface area (Å²) in [6, 6.07) is 12.6. The zero-order valence-corrected chi connectivity index (χ0v) is 19.3. The van der Waals surface area contributed by atoms with E-state index in [9.17, 15) is 9.59 Å².